The van der Waals surface area contributed by atoms with E-state index in [1.54, 1.807) is 36.3 Å². The number of nitrogens with zero attached hydrogens (tertiary/aromatic N) is 2. The summed E-state index contributed by atoms with van der Waals surface area (Å²) in [5.41, 5.74) is 1.37. The predicted octanol–water partition coefficient (Wildman–Crippen LogP) is 2.82. The maximum absolute atomic E-state index is 13.4. The van der Waals surface area contributed by atoms with E-state index in [4.69, 9.17) is 21.1 Å². The number of carbonyl (C=O) groups excluding carboxylic acids is 2. The minimum Gasteiger partial charge on any atom is -0.493 e. The number of nitrogens with one attached hydrogen (secondary N) is 1. The van der Waals surface area contributed by atoms with Crippen molar-refractivity contribution in [2.45, 2.75) is 13.0 Å². The fourth-order valence-electron chi connectivity index (χ4n) is 3.56. The summed E-state index contributed by atoms with van der Waals surface area (Å²) in [6.45, 7) is 3.63. The summed E-state index contributed by atoms with van der Waals surface area (Å²) in [5, 5.41) is 3.84. The number of hydrogen-bond acceptors (Lipinski definition) is 5. The Hall–Kier alpha value is -2.77. The normalized spacial score (nSPS) is 13.6. The number of halogens is 1. The van der Waals surface area contributed by atoms with Crippen LogP contribution in [0.1, 0.15) is 22.3 Å². The molecule has 1 aliphatic rings. The molecule has 0 aliphatic carbocycles. The molecule has 2 aromatic carbocycles. The van der Waals surface area contributed by atoms with Crippen LogP contribution in [0.3, 0.4) is 0 Å². The van der Waals surface area contributed by atoms with E-state index in [9.17, 15) is 9.59 Å². The highest BCUT2D eigenvalue weighted by molar-refractivity contribution is 6.30. The maximum atomic E-state index is 13.4. The zero-order chi connectivity index (χ0) is 22.2. The summed E-state index contributed by atoms with van der Waals surface area (Å²) in [6.07, 6.45) is 0.263. The van der Waals surface area contributed by atoms with Gasteiger partial charge in [0.05, 0.1) is 14.2 Å². The largest absolute Gasteiger partial charge is 0.493 e. The maximum Gasteiger partial charge on any atom is 0.254 e. The molecule has 1 heterocycles. The van der Waals surface area contributed by atoms with Gasteiger partial charge in [0.25, 0.3) is 5.91 Å². The van der Waals surface area contributed by atoms with Gasteiger partial charge in [-0.1, -0.05) is 23.7 Å². The van der Waals surface area contributed by atoms with Gasteiger partial charge in [0.15, 0.2) is 11.5 Å². The van der Waals surface area contributed by atoms with Crippen LogP contribution >= 0.6 is 11.6 Å². The molecular weight excluding hydrogens is 418 g/mol. The van der Waals surface area contributed by atoms with Crippen LogP contribution in [0.25, 0.3) is 0 Å². The van der Waals surface area contributed by atoms with E-state index < -0.39 is 0 Å². The Bertz CT molecular complexity index is 915. The molecule has 2 aromatic rings. The number of piperazine rings is 1. The van der Waals surface area contributed by atoms with Crippen LogP contribution in [0.15, 0.2) is 42.5 Å². The molecule has 0 atom stereocenters. The summed E-state index contributed by atoms with van der Waals surface area (Å²) >= 11 is 6.13. The average molecular weight is 446 g/mol. The highest BCUT2D eigenvalue weighted by Crippen LogP contribution is 2.28. The molecule has 8 heteroatoms. The van der Waals surface area contributed by atoms with Crippen LogP contribution in [-0.2, 0) is 11.3 Å². The Balaban J connectivity index is 1.78. The molecule has 0 aromatic heterocycles. The van der Waals surface area contributed by atoms with E-state index in [0.717, 1.165) is 18.7 Å². The number of amides is 2. The lowest BCUT2D eigenvalue weighted by atomic mass is 10.1. The Morgan fingerprint density at radius 2 is 1.81 bits per heavy atom. The second kappa shape index (κ2) is 11.0. The Labute approximate surface area is 187 Å². The number of carbonyl (C=O) groups is 2. The highest BCUT2D eigenvalue weighted by atomic mass is 35.5. The lowest BCUT2D eigenvalue weighted by molar-refractivity contribution is -0.132. The molecule has 2 amide bonds. The third-order valence-corrected chi connectivity index (χ3v) is 5.48. The topological polar surface area (TPSA) is 71.1 Å². The van der Waals surface area contributed by atoms with Crippen LogP contribution in [0.2, 0.25) is 5.02 Å². The standard InChI is InChI=1S/C23H28ClN3O4/c1-30-20-7-6-18(15-21(20)31-2)23(29)27(16-17-4-3-5-19(24)14-17)11-8-22(28)26-12-9-25-10-13-26/h3-7,14-15,25H,8-13,16H2,1-2H3. The van der Waals surface area contributed by atoms with E-state index >= 15 is 0 Å². The molecule has 0 bridgehead atoms. The van der Waals surface area contributed by atoms with Crippen molar-refractivity contribution < 1.29 is 19.1 Å². The molecule has 0 spiro atoms. The summed E-state index contributed by atoms with van der Waals surface area (Å²) in [6, 6.07) is 12.4. The SMILES string of the molecule is COc1ccc(C(=O)N(CCC(=O)N2CCNCC2)Cc2cccc(Cl)c2)cc1OC. The van der Waals surface area contributed by atoms with Crippen LogP contribution < -0.4 is 14.8 Å². The first-order chi connectivity index (χ1) is 15.0. The van der Waals surface area contributed by atoms with Gasteiger partial charge in [0.2, 0.25) is 5.91 Å². The van der Waals surface area contributed by atoms with Gasteiger partial charge in [0, 0.05) is 56.3 Å². The lowest BCUT2D eigenvalue weighted by Gasteiger charge is -2.29. The fraction of sp³-hybridized carbons (Fsp3) is 0.391. The molecule has 31 heavy (non-hydrogen) atoms. The van der Waals surface area contributed by atoms with Crippen molar-refractivity contribution in [2.24, 2.45) is 0 Å². The molecular formula is C23H28ClN3O4. The van der Waals surface area contributed by atoms with E-state index in [0.29, 0.717) is 48.3 Å². The second-order valence-corrected chi connectivity index (χ2v) is 7.74. The fourth-order valence-corrected chi connectivity index (χ4v) is 3.78. The average Bonchev–Trinajstić information content (AvgIpc) is 2.81. The monoisotopic (exact) mass is 445 g/mol. The van der Waals surface area contributed by atoms with Crippen molar-refractivity contribution in [2.75, 3.05) is 46.9 Å². The lowest BCUT2D eigenvalue weighted by Crippen LogP contribution is -2.47. The Morgan fingerprint density at radius 1 is 1.06 bits per heavy atom. The van der Waals surface area contributed by atoms with Gasteiger partial charge in [0.1, 0.15) is 0 Å². The van der Waals surface area contributed by atoms with Gasteiger partial charge >= 0.3 is 0 Å². The van der Waals surface area contributed by atoms with Crippen molar-refractivity contribution in [1.82, 2.24) is 15.1 Å². The minimum atomic E-state index is -0.186. The number of methoxy groups -OCH3 is 2. The smallest absolute Gasteiger partial charge is 0.254 e. The Morgan fingerprint density at radius 3 is 2.48 bits per heavy atom. The Kier molecular flexibility index (Phi) is 8.14. The number of ether oxygens (including phenoxy) is 2. The third kappa shape index (κ3) is 6.12. The number of benzene rings is 2. The minimum absolute atomic E-state index is 0.0534. The molecule has 0 radical (unpaired) electrons. The van der Waals surface area contributed by atoms with Gasteiger partial charge in [-0.2, -0.15) is 0 Å². The second-order valence-electron chi connectivity index (χ2n) is 7.31. The van der Waals surface area contributed by atoms with E-state index in [2.05, 4.69) is 5.32 Å². The van der Waals surface area contributed by atoms with Crippen LogP contribution in [0.5, 0.6) is 11.5 Å². The van der Waals surface area contributed by atoms with Gasteiger partial charge in [-0.25, -0.2) is 0 Å². The summed E-state index contributed by atoms with van der Waals surface area (Å²) in [7, 11) is 3.08. The first-order valence-electron chi connectivity index (χ1n) is 10.3. The molecule has 1 saturated heterocycles. The molecule has 3 rings (SSSR count). The summed E-state index contributed by atoms with van der Waals surface area (Å²) in [5.74, 6) is 0.897. The van der Waals surface area contributed by atoms with Gasteiger partial charge < -0.3 is 24.6 Å². The predicted molar refractivity (Wildman–Crippen MR) is 120 cm³/mol. The van der Waals surface area contributed by atoms with E-state index in [-0.39, 0.29) is 18.2 Å². The van der Waals surface area contributed by atoms with Crippen molar-refractivity contribution in [3.63, 3.8) is 0 Å². The van der Waals surface area contributed by atoms with Gasteiger partial charge in [-0.15, -0.1) is 0 Å². The van der Waals surface area contributed by atoms with Crippen LogP contribution in [-0.4, -0.2) is 68.6 Å². The first kappa shape index (κ1) is 22.9. The summed E-state index contributed by atoms with van der Waals surface area (Å²) < 4.78 is 10.6. The molecule has 1 N–H and O–H groups in total. The van der Waals surface area contributed by atoms with Crippen LogP contribution in [0.4, 0.5) is 0 Å². The van der Waals surface area contributed by atoms with Crippen molar-refractivity contribution >= 4 is 23.4 Å². The van der Waals surface area contributed by atoms with Crippen molar-refractivity contribution in [3.05, 3.63) is 58.6 Å². The number of rotatable bonds is 8. The zero-order valence-electron chi connectivity index (χ0n) is 17.9. The molecule has 1 fully saturated rings. The molecule has 0 saturated carbocycles. The molecule has 166 valence electrons. The van der Waals surface area contributed by atoms with Crippen LogP contribution in [0, 0.1) is 0 Å². The van der Waals surface area contributed by atoms with Crippen molar-refractivity contribution in [1.29, 1.82) is 0 Å². The van der Waals surface area contributed by atoms with E-state index in [1.807, 2.05) is 23.1 Å². The zero-order valence-corrected chi connectivity index (χ0v) is 18.7. The van der Waals surface area contributed by atoms with Gasteiger partial charge in [-0.05, 0) is 35.9 Å². The van der Waals surface area contributed by atoms with E-state index in [1.165, 1.54) is 7.11 Å². The molecule has 1 aliphatic heterocycles. The number of hydrogen-bond donors (Lipinski definition) is 1. The highest BCUT2D eigenvalue weighted by Gasteiger charge is 2.22. The van der Waals surface area contributed by atoms with Gasteiger partial charge in [-0.3, -0.25) is 9.59 Å². The molecule has 0 unspecified atom stereocenters. The molecule has 7 nitrogen and oxygen atoms in total. The summed E-state index contributed by atoms with van der Waals surface area (Å²) in [4.78, 5) is 29.5. The first-order valence-corrected chi connectivity index (χ1v) is 10.6. The third-order valence-electron chi connectivity index (χ3n) is 5.25. The quantitative estimate of drug-likeness (QED) is 0.676. The van der Waals surface area contributed by atoms with Crippen molar-refractivity contribution in [3.8, 4) is 11.5 Å².